The first-order valence-corrected chi connectivity index (χ1v) is 5.30. The minimum Gasteiger partial charge on any atom is -0.409 e. The molecule has 1 fully saturated rings. The van der Waals surface area contributed by atoms with Crippen LogP contribution in [0.2, 0.25) is 0 Å². The molecule has 1 aliphatic heterocycles. The van der Waals surface area contributed by atoms with Gasteiger partial charge in [0.1, 0.15) is 6.10 Å². The number of morpholine rings is 1. The number of hydrogen-bond donors (Lipinski definition) is 2. The van der Waals surface area contributed by atoms with Crippen LogP contribution >= 0.6 is 0 Å². The van der Waals surface area contributed by atoms with Gasteiger partial charge >= 0.3 is 6.18 Å². The maximum atomic E-state index is 12.0. The van der Waals surface area contributed by atoms with Gasteiger partial charge in [-0.05, 0) is 13.0 Å². The zero-order valence-electron chi connectivity index (χ0n) is 9.28. The van der Waals surface area contributed by atoms with Crippen LogP contribution in [-0.4, -0.2) is 54.5 Å². The Kier molecular flexibility index (Phi) is 5.01. The molecule has 1 atom stereocenters. The quantitative estimate of drug-likeness (QED) is 0.337. The van der Waals surface area contributed by atoms with E-state index in [1.54, 1.807) is 0 Å². The number of nitrogens with zero attached hydrogens (tertiary/aromatic N) is 2. The van der Waals surface area contributed by atoms with Crippen LogP contribution < -0.4 is 5.73 Å². The molecule has 17 heavy (non-hydrogen) atoms. The highest BCUT2D eigenvalue weighted by Crippen LogP contribution is 2.21. The highest BCUT2D eigenvalue weighted by molar-refractivity contribution is 5.84. The summed E-state index contributed by atoms with van der Waals surface area (Å²) < 4.78 is 41.1. The van der Waals surface area contributed by atoms with E-state index >= 15 is 0 Å². The Morgan fingerprint density at radius 2 is 2.24 bits per heavy atom. The van der Waals surface area contributed by atoms with Crippen LogP contribution in [0.3, 0.4) is 0 Å². The van der Waals surface area contributed by atoms with Crippen LogP contribution in [0, 0.1) is 0 Å². The summed E-state index contributed by atoms with van der Waals surface area (Å²) in [5, 5.41) is 11.3. The summed E-state index contributed by atoms with van der Waals surface area (Å²) in [7, 11) is 0. The molecule has 3 N–H and O–H groups in total. The molecule has 0 aromatic carbocycles. The van der Waals surface area contributed by atoms with Gasteiger partial charge in [0, 0.05) is 19.5 Å². The van der Waals surface area contributed by atoms with Crippen molar-refractivity contribution in [1.82, 2.24) is 4.90 Å². The van der Waals surface area contributed by atoms with Crippen molar-refractivity contribution in [3.63, 3.8) is 0 Å². The van der Waals surface area contributed by atoms with E-state index in [9.17, 15) is 13.2 Å². The van der Waals surface area contributed by atoms with E-state index in [2.05, 4.69) is 5.16 Å². The number of hydrogen-bond acceptors (Lipinski definition) is 4. The number of oxime groups is 1. The maximum Gasteiger partial charge on any atom is 0.389 e. The first-order valence-electron chi connectivity index (χ1n) is 5.30. The lowest BCUT2D eigenvalue weighted by molar-refractivity contribution is -0.136. The zero-order chi connectivity index (χ0) is 12.9. The van der Waals surface area contributed by atoms with Crippen LogP contribution in [0.25, 0.3) is 0 Å². The predicted octanol–water partition coefficient (Wildman–Crippen LogP) is 0.776. The molecule has 1 rings (SSSR count). The fourth-order valence-corrected chi connectivity index (χ4v) is 1.65. The number of ether oxygens (including phenoxy) is 1. The maximum absolute atomic E-state index is 12.0. The van der Waals surface area contributed by atoms with E-state index in [4.69, 9.17) is 15.7 Å². The summed E-state index contributed by atoms with van der Waals surface area (Å²) in [6.07, 6.45) is -5.40. The van der Waals surface area contributed by atoms with E-state index in [-0.39, 0.29) is 12.3 Å². The van der Waals surface area contributed by atoms with Gasteiger partial charge in [0.25, 0.3) is 0 Å². The van der Waals surface area contributed by atoms with Crippen molar-refractivity contribution < 1.29 is 23.1 Å². The van der Waals surface area contributed by atoms with Crippen LogP contribution in [0.1, 0.15) is 12.8 Å². The Morgan fingerprint density at radius 3 is 2.82 bits per heavy atom. The van der Waals surface area contributed by atoms with Gasteiger partial charge in [0.15, 0.2) is 5.84 Å². The lowest BCUT2D eigenvalue weighted by atomic mass is 10.2. The first-order chi connectivity index (χ1) is 7.92. The van der Waals surface area contributed by atoms with Gasteiger partial charge in [-0.25, -0.2) is 0 Å². The Hall–Kier alpha value is -1.02. The molecule has 100 valence electrons. The van der Waals surface area contributed by atoms with E-state index in [0.717, 1.165) is 0 Å². The average molecular weight is 255 g/mol. The summed E-state index contributed by atoms with van der Waals surface area (Å²) in [6.45, 7) is 1.62. The second-order valence-electron chi connectivity index (χ2n) is 3.90. The third kappa shape index (κ3) is 5.22. The summed E-state index contributed by atoms with van der Waals surface area (Å²) in [4.78, 5) is 1.82. The molecule has 0 spiro atoms. The second kappa shape index (κ2) is 6.06. The number of halogens is 3. The number of alkyl halides is 3. The normalized spacial score (nSPS) is 23.9. The molecular formula is C9H16F3N3O2. The Morgan fingerprint density at radius 1 is 1.53 bits per heavy atom. The minimum absolute atomic E-state index is 0.0480. The largest absolute Gasteiger partial charge is 0.409 e. The summed E-state index contributed by atoms with van der Waals surface area (Å²) in [5.41, 5.74) is 5.38. The fourth-order valence-electron chi connectivity index (χ4n) is 1.65. The standard InChI is InChI=1S/C9H16F3N3O2/c10-9(11,12)2-1-3-15-4-5-17-7(6-15)8(13)14-16/h7,16H,1-6H2,(H2,13,14). The smallest absolute Gasteiger partial charge is 0.389 e. The molecular weight excluding hydrogens is 239 g/mol. The highest BCUT2D eigenvalue weighted by Gasteiger charge is 2.28. The minimum atomic E-state index is -4.11. The van der Waals surface area contributed by atoms with E-state index in [0.29, 0.717) is 26.2 Å². The Labute approximate surface area is 97.0 Å². The molecule has 0 amide bonds. The van der Waals surface area contributed by atoms with E-state index < -0.39 is 18.7 Å². The lowest BCUT2D eigenvalue weighted by Gasteiger charge is -2.32. The first kappa shape index (κ1) is 14.0. The molecule has 0 bridgehead atoms. The molecule has 1 aliphatic rings. The highest BCUT2D eigenvalue weighted by atomic mass is 19.4. The van der Waals surface area contributed by atoms with Crippen molar-refractivity contribution in [2.45, 2.75) is 25.1 Å². The van der Waals surface area contributed by atoms with E-state index in [1.807, 2.05) is 4.90 Å². The molecule has 1 heterocycles. The van der Waals surface area contributed by atoms with Crippen molar-refractivity contribution >= 4 is 5.84 Å². The monoisotopic (exact) mass is 255 g/mol. The lowest BCUT2D eigenvalue weighted by Crippen LogP contribution is -2.48. The van der Waals surface area contributed by atoms with Crippen LogP contribution in [0.5, 0.6) is 0 Å². The van der Waals surface area contributed by atoms with Gasteiger partial charge in [-0.2, -0.15) is 13.2 Å². The summed E-state index contributed by atoms with van der Waals surface area (Å²) in [5.74, 6) is -0.0504. The van der Waals surface area contributed by atoms with Crippen molar-refractivity contribution in [1.29, 1.82) is 0 Å². The number of rotatable bonds is 4. The Balaban J connectivity index is 2.30. The second-order valence-corrected chi connectivity index (χ2v) is 3.90. The van der Waals surface area contributed by atoms with Crippen molar-refractivity contribution in [2.75, 3.05) is 26.2 Å². The van der Waals surface area contributed by atoms with Gasteiger partial charge in [-0.3, -0.25) is 4.90 Å². The third-order valence-electron chi connectivity index (χ3n) is 2.53. The molecule has 0 saturated carbocycles. The van der Waals surface area contributed by atoms with Crippen molar-refractivity contribution in [3.8, 4) is 0 Å². The molecule has 0 aromatic heterocycles. The SMILES string of the molecule is NC(=NO)C1CN(CCCC(F)(F)F)CCO1. The Bertz CT molecular complexity index is 271. The topological polar surface area (TPSA) is 71.1 Å². The van der Waals surface area contributed by atoms with Crippen molar-refractivity contribution in [3.05, 3.63) is 0 Å². The molecule has 0 aromatic rings. The van der Waals surface area contributed by atoms with Gasteiger partial charge < -0.3 is 15.7 Å². The van der Waals surface area contributed by atoms with Crippen LogP contribution in [-0.2, 0) is 4.74 Å². The molecule has 5 nitrogen and oxygen atoms in total. The van der Waals surface area contributed by atoms with Crippen LogP contribution in [0.15, 0.2) is 5.16 Å². The summed E-state index contributed by atoms with van der Waals surface area (Å²) in [6, 6.07) is 0. The van der Waals surface area contributed by atoms with E-state index in [1.165, 1.54) is 0 Å². The zero-order valence-corrected chi connectivity index (χ0v) is 9.28. The fraction of sp³-hybridized carbons (Fsp3) is 0.889. The molecule has 1 saturated heterocycles. The van der Waals surface area contributed by atoms with Crippen molar-refractivity contribution in [2.24, 2.45) is 10.9 Å². The summed E-state index contributed by atoms with van der Waals surface area (Å²) >= 11 is 0. The molecule has 8 heteroatoms. The third-order valence-corrected chi connectivity index (χ3v) is 2.53. The molecule has 1 unspecified atom stereocenters. The van der Waals surface area contributed by atoms with Gasteiger partial charge in [-0.15, -0.1) is 0 Å². The number of amidine groups is 1. The van der Waals surface area contributed by atoms with Crippen LogP contribution in [0.4, 0.5) is 13.2 Å². The average Bonchev–Trinajstić information content (AvgIpc) is 2.27. The van der Waals surface area contributed by atoms with Gasteiger partial charge in [0.2, 0.25) is 0 Å². The molecule has 0 aliphatic carbocycles. The number of nitrogens with two attached hydrogens (primary N) is 1. The van der Waals surface area contributed by atoms with Gasteiger partial charge in [-0.1, -0.05) is 5.16 Å². The molecule has 0 radical (unpaired) electrons. The van der Waals surface area contributed by atoms with Gasteiger partial charge in [0.05, 0.1) is 6.61 Å². The predicted molar refractivity (Wildman–Crippen MR) is 54.9 cm³/mol.